The number of aromatic hydroxyl groups is 1. The van der Waals surface area contributed by atoms with Gasteiger partial charge in [0.1, 0.15) is 18.6 Å². The number of aromatic nitrogens is 1. The smallest absolute Gasteiger partial charge is 0.291 e. The van der Waals surface area contributed by atoms with Gasteiger partial charge in [0.25, 0.3) is 5.69 Å². The van der Waals surface area contributed by atoms with Crippen LogP contribution in [0, 0.1) is 10.1 Å². The van der Waals surface area contributed by atoms with Crippen LogP contribution in [-0.4, -0.2) is 20.9 Å². The van der Waals surface area contributed by atoms with Gasteiger partial charge in [0.05, 0.1) is 11.0 Å². The molecule has 1 amide bonds. The molecular weight excluding hydrogens is 374 g/mol. The third-order valence-corrected chi connectivity index (χ3v) is 3.84. The van der Waals surface area contributed by atoms with E-state index in [1.54, 1.807) is 18.2 Å². The Morgan fingerprint density at radius 3 is 2.69 bits per heavy atom. The molecule has 0 saturated heterocycles. The SMILES string of the molecule is O=C(/C=C/c1cccc(OCc2ccccc2)c1)Nc1ncc([N+](=O)[O-])cc1O. The molecule has 2 aromatic carbocycles. The highest BCUT2D eigenvalue weighted by molar-refractivity contribution is 6.02. The van der Waals surface area contributed by atoms with E-state index >= 15 is 0 Å². The van der Waals surface area contributed by atoms with Crippen LogP contribution in [0.1, 0.15) is 11.1 Å². The molecule has 0 aliphatic heterocycles. The van der Waals surface area contributed by atoms with Gasteiger partial charge < -0.3 is 15.2 Å². The average molecular weight is 391 g/mol. The van der Waals surface area contributed by atoms with Crippen molar-refractivity contribution in [3.63, 3.8) is 0 Å². The molecule has 0 aliphatic carbocycles. The molecule has 146 valence electrons. The number of benzene rings is 2. The largest absolute Gasteiger partial charge is 0.504 e. The number of rotatable bonds is 7. The topological polar surface area (TPSA) is 115 Å². The summed E-state index contributed by atoms with van der Waals surface area (Å²) in [5, 5.41) is 22.8. The molecule has 1 aromatic heterocycles. The molecule has 1 heterocycles. The van der Waals surface area contributed by atoms with E-state index in [2.05, 4.69) is 10.3 Å². The van der Waals surface area contributed by atoms with Crippen LogP contribution in [0.3, 0.4) is 0 Å². The second-order valence-electron chi connectivity index (χ2n) is 5.99. The molecule has 8 nitrogen and oxygen atoms in total. The molecule has 0 saturated carbocycles. The number of amides is 1. The van der Waals surface area contributed by atoms with Gasteiger partial charge in [-0.3, -0.25) is 14.9 Å². The molecule has 0 fully saturated rings. The Labute approximate surface area is 166 Å². The fourth-order valence-electron chi connectivity index (χ4n) is 2.42. The zero-order valence-electron chi connectivity index (χ0n) is 15.2. The first kappa shape index (κ1) is 19.6. The number of carbonyl (C=O) groups excluding carboxylic acids is 1. The van der Waals surface area contributed by atoms with Crippen molar-refractivity contribution in [1.82, 2.24) is 4.98 Å². The van der Waals surface area contributed by atoms with Crippen molar-refractivity contribution in [2.75, 3.05) is 5.32 Å². The predicted octanol–water partition coefficient (Wildman–Crippen LogP) is 3.93. The van der Waals surface area contributed by atoms with Gasteiger partial charge in [-0.15, -0.1) is 0 Å². The molecule has 3 rings (SSSR count). The standard InChI is InChI=1S/C21H17N3O5/c25-19-12-17(24(27)28)13-22-21(19)23-20(26)10-9-15-7-4-8-18(11-15)29-14-16-5-2-1-3-6-16/h1-13,25H,14H2,(H,22,23,26)/b10-9+. The molecule has 2 N–H and O–H groups in total. The first-order valence-corrected chi connectivity index (χ1v) is 8.60. The molecule has 0 spiro atoms. The summed E-state index contributed by atoms with van der Waals surface area (Å²) in [6.07, 6.45) is 3.79. The average Bonchev–Trinajstić information content (AvgIpc) is 2.73. The van der Waals surface area contributed by atoms with E-state index in [1.807, 2.05) is 42.5 Å². The van der Waals surface area contributed by atoms with Gasteiger partial charge in [0, 0.05) is 6.08 Å². The maximum absolute atomic E-state index is 12.0. The normalized spacial score (nSPS) is 10.6. The number of nitrogens with zero attached hydrogens (tertiary/aromatic N) is 2. The fraction of sp³-hybridized carbons (Fsp3) is 0.0476. The number of anilines is 1. The van der Waals surface area contributed by atoms with Gasteiger partial charge in [-0.2, -0.15) is 0 Å². The lowest BCUT2D eigenvalue weighted by atomic mass is 10.2. The highest BCUT2D eigenvalue weighted by atomic mass is 16.6. The Morgan fingerprint density at radius 1 is 1.17 bits per heavy atom. The van der Waals surface area contributed by atoms with Crippen molar-refractivity contribution in [2.45, 2.75) is 6.61 Å². The molecule has 0 radical (unpaired) electrons. The number of nitro groups is 1. The number of carbonyl (C=O) groups is 1. The number of hydrogen-bond acceptors (Lipinski definition) is 6. The number of pyridine rings is 1. The van der Waals surface area contributed by atoms with E-state index in [0.717, 1.165) is 23.4 Å². The van der Waals surface area contributed by atoms with Crippen molar-refractivity contribution >= 4 is 23.5 Å². The summed E-state index contributed by atoms with van der Waals surface area (Å²) in [5.41, 5.74) is 1.41. The van der Waals surface area contributed by atoms with Crippen LogP contribution in [0.15, 0.2) is 72.9 Å². The van der Waals surface area contributed by atoms with Crippen LogP contribution in [0.4, 0.5) is 11.5 Å². The zero-order valence-corrected chi connectivity index (χ0v) is 15.2. The molecule has 8 heteroatoms. The maximum Gasteiger partial charge on any atom is 0.291 e. The zero-order chi connectivity index (χ0) is 20.6. The van der Waals surface area contributed by atoms with Crippen LogP contribution in [0.2, 0.25) is 0 Å². The van der Waals surface area contributed by atoms with Gasteiger partial charge in [0.15, 0.2) is 11.6 Å². The highest BCUT2D eigenvalue weighted by Gasteiger charge is 2.12. The second kappa shape index (κ2) is 9.14. The summed E-state index contributed by atoms with van der Waals surface area (Å²) in [6, 6.07) is 17.9. The summed E-state index contributed by atoms with van der Waals surface area (Å²) >= 11 is 0. The maximum atomic E-state index is 12.0. The molecule has 0 atom stereocenters. The molecule has 3 aromatic rings. The summed E-state index contributed by atoms with van der Waals surface area (Å²) in [5.74, 6) is -0.536. The minimum absolute atomic E-state index is 0.162. The van der Waals surface area contributed by atoms with E-state index in [-0.39, 0.29) is 11.5 Å². The molecule has 0 unspecified atom stereocenters. The fourth-order valence-corrected chi connectivity index (χ4v) is 2.42. The van der Waals surface area contributed by atoms with Crippen molar-refractivity contribution in [3.05, 3.63) is 94.2 Å². The Kier molecular flexibility index (Phi) is 6.16. The third-order valence-electron chi connectivity index (χ3n) is 3.84. The molecular formula is C21H17N3O5. The summed E-state index contributed by atoms with van der Waals surface area (Å²) < 4.78 is 5.75. The number of nitrogens with one attached hydrogen (secondary N) is 1. The summed E-state index contributed by atoms with van der Waals surface area (Å²) in [7, 11) is 0. The van der Waals surface area contributed by atoms with E-state index in [9.17, 15) is 20.0 Å². The van der Waals surface area contributed by atoms with Crippen molar-refractivity contribution < 1.29 is 19.6 Å². The van der Waals surface area contributed by atoms with Crippen LogP contribution < -0.4 is 10.1 Å². The first-order chi connectivity index (χ1) is 14.0. The molecule has 0 aliphatic rings. The van der Waals surface area contributed by atoms with E-state index < -0.39 is 16.6 Å². The molecule has 29 heavy (non-hydrogen) atoms. The van der Waals surface area contributed by atoms with Gasteiger partial charge >= 0.3 is 0 Å². The van der Waals surface area contributed by atoms with Crippen LogP contribution in [0.25, 0.3) is 6.08 Å². The quantitative estimate of drug-likeness (QED) is 0.358. The monoisotopic (exact) mass is 391 g/mol. The van der Waals surface area contributed by atoms with Crippen molar-refractivity contribution in [1.29, 1.82) is 0 Å². The van der Waals surface area contributed by atoms with E-state index in [4.69, 9.17) is 4.74 Å². The predicted molar refractivity (Wildman–Crippen MR) is 107 cm³/mol. The lowest BCUT2D eigenvalue weighted by Gasteiger charge is -2.07. The van der Waals surface area contributed by atoms with Gasteiger partial charge in [-0.1, -0.05) is 42.5 Å². The van der Waals surface area contributed by atoms with Gasteiger partial charge in [-0.25, -0.2) is 4.98 Å². The molecule has 0 bridgehead atoms. The third kappa shape index (κ3) is 5.64. The van der Waals surface area contributed by atoms with Gasteiger partial charge in [0.2, 0.25) is 5.91 Å². The Balaban J connectivity index is 1.60. The minimum atomic E-state index is -0.689. The van der Waals surface area contributed by atoms with Gasteiger partial charge in [-0.05, 0) is 29.3 Å². The Morgan fingerprint density at radius 2 is 1.97 bits per heavy atom. The Hall–Kier alpha value is -4.20. The Bertz CT molecular complexity index is 1050. The van der Waals surface area contributed by atoms with Crippen molar-refractivity contribution in [3.8, 4) is 11.5 Å². The lowest BCUT2D eigenvalue weighted by Crippen LogP contribution is -2.09. The first-order valence-electron chi connectivity index (χ1n) is 8.60. The van der Waals surface area contributed by atoms with Crippen LogP contribution in [0.5, 0.6) is 11.5 Å². The minimum Gasteiger partial charge on any atom is -0.504 e. The summed E-state index contributed by atoms with van der Waals surface area (Å²) in [4.78, 5) is 25.7. The van der Waals surface area contributed by atoms with Crippen molar-refractivity contribution in [2.24, 2.45) is 0 Å². The van der Waals surface area contributed by atoms with E-state index in [0.29, 0.717) is 12.4 Å². The lowest BCUT2D eigenvalue weighted by molar-refractivity contribution is -0.385. The second-order valence-corrected chi connectivity index (χ2v) is 5.99. The number of hydrogen-bond donors (Lipinski definition) is 2. The highest BCUT2D eigenvalue weighted by Crippen LogP contribution is 2.25. The van der Waals surface area contributed by atoms with Crippen LogP contribution >= 0.6 is 0 Å². The number of ether oxygens (including phenoxy) is 1. The summed E-state index contributed by atoms with van der Waals surface area (Å²) in [6.45, 7) is 0.430. The van der Waals surface area contributed by atoms with Crippen LogP contribution in [-0.2, 0) is 11.4 Å². The van der Waals surface area contributed by atoms with E-state index in [1.165, 1.54) is 6.08 Å².